The number of carboxylic acid groups (broad SMARTS) is 1. The second-order valence-electron chi connectivity index (χ2n) is 3.96. The highest BCUT2D eigenvalue weighted by Crippen LogP contribution is 2.22. The number of rotatable bonds is 2. The molecule has 1 aromatic carbocycles. The third-order valence-electron chi connectivity index (χ3n) is 2.98. The van der Waals surface area contributed by atoms with Gasteiger partial charge < -0.3 is 10.0 Å². The molecule has 1 N–H and O–H groups in total. The van der Waals surface area contributed by atoms with E-state index in [1.807, 2.05) is 6.07 Å². The zero-order valence-corrected chi connectivity index (χ0v) is 9.35. The molecule has 0 saturated carbocycles. The first kappa shape index (κ1) is 11.4. The van der Waals surface area contributed by atoms with Crippen LogP contribution in [-0.2, 0) is 17.8 Å². The van der Waals surface area contributed by atoms with Crippen molar-refractivity contribution in [1.82, 2.24) is 4.90 Å². The minimum Gasteiger partial charge on any atom is -0.478 e. The Labute approximate surface area is 99.2 Å². The van der Waals surface area contributed by atoms with Crippen LogP contribution < -0.4 is 0 Å². The third kappa shape index (κ3) is 2.06. The summed E-state index contributed by atoms with van der Waals surface area (Å²) in [5.41, 5.74) is 2.09. The summed E-state index contributed by atoms with van der Waals surface area (Å²) < 4.78 is 0. The van der Waals surface area contributed by atoms with Gasteiger partial charge in [0.05, 0.1) is 5.56 Å². The average molecular weight is 231 g/mol. The number of hydrogen-bond acceptors (Lipinski definition) is 2. The van der Waals surface area contributed by atoms with Gasteiger partial charge in [0.15, 0.2) is 0 Å². The summed E-state index contributed by atoms with van der Waals surface area (Å²) in [6, 6.07) is 5.18. The van der Waals surface area contributed by atoms with E-state index in [9.17, 15) is 9.59 Å². The summed E-state index contributed by atoms with van der Waals surface area (Å²) >= 11 is 0. The highest BCUT2D eigenvalue weighted by Gasteiger charge is 2.22. The monoisotopic (exact) mass is 231 g/mol. The fourth-order valence-electron chi connectivity index (χ4n) is 2.13. The fraction of sp³-hybridized carbons (Fsp3) is 0.231. The molecule has 88 valence electrons. The van der Waals surface area contributed by atoms with Crippen LogP contribution in [0, 0.1) is 0 Å². The van der Waals surface area contributed by atoms with Gasteiger partial charge in [0.1, 0.15) is 0 Å². The van der Waals surface area contributed by atoms with Crippen molar-refractivity contribution in [3.05, 3.63) is 47.5 Å². The van der Waals surface area contributed by atoms with Gasteiger partial charge in [0.2, 0.25) is 5.91 Å². The lowest BCUT2D eigenvalue weighted by Gasteiger charge is -2.28. The fourth-order valence-corrected chi connectivity index (χ4v) is 2.13. The first-order chi connectivity index (χ1) is 8.13. The summed E-state index contributed by atoms with van der Waals surface area (Å²) in [5, 5.41) is 9.07. The molecule has 0 fully saturated rings. The standard InChI is InChI=1S/C13H13NO3/c1-2-12(15)14-7-6-10-9(8-14)4-3-5-11(10)13(16)17/h2-5H,1,6-8H2,(H,16,17). The molecule has 0 atom stereocenters. The molecule has 1 aliphatic rings. The number of carboxylic acids is 1. The van der Waals surface area contributed by atoms with Crippen molar-refractivity contribution in [2.45, 2.75) is 13.0 Å². The highest BCUT2D eigenvalue weighted by atomic mass is 16.4. The predicted octanol–water partition coefficient (Wildman–Crippen LogP) is 1.46. The van der Waals surface area contributed by atoms with E-state index in [-0.39, 0.29) is 5.91 Å². The SMILES string of the molecule is C=CC(=O)N1CCc2c(cccc2C(=O)O)C1. The van der Waals surface area contributed by atoms with Gasteiger partial charge in [0, 0.05) is 13.1 Å². The Morgan fingerprint density at radius 3 is 2.82 bits per heavy atom. The van der Waals surface area contributed by atoms with Crippen LogP contribution in [-0.4, -0.2) is 28.4 Å². The summed E-state index contributed by atoms with van der Waals surface area (Å²) in [4.78, 5) is 24.2. The van der Waals surface area contributed by atoms with Crippen LogP contribution >= 0.6 is 0 Å². The molecule has 1 aromatic rings. The molecule has 17 heavy (non-hydrogen) atoms. The van der Waals surface area contributed by atoms with Gasteiger partial charge in [0.25, 0.3) is 0 Å². The topological polar surface area (TPSA) is 57.6 Å². The van der Waals surface area contributed by atoms with E-state index in [1.165, 1.54) is 6.08 Å². The normalized spacial score (nSPS) is 14.0. The smallest absolute Gasteiger partial charge is 0.335 e. The molecule has 0 spiro atoms. The van der Waals surface area contributed by atoms with Crippen molar-refractivity contribution in [2.75, 3.05) is 6.54 Å². The molecule has 1 aliphatic heterocycles. The number of carbonyl (C=O) groups excluding carboxylic acids is 1. The van der Waals surface area contributed by atoms with Crippen LogP contribution in [0.4, 0.5) is 0 Å². The molecule has 0 aromatic heterocycles. The Hall–Kier alpha value is -2.10. The Morgan fingerprint density at radius 2 is 2.18 bits per heavy atom. The quantitative estimate of drug-likeness (QED) is 0.784. The molecule has 4 nitrogen and oxygen atoms in total. The van der Waals surface area contributed by atoms with E-state index in [1.54, 1.807) is 17.0 Å². The van der Waals surface area contributed by atoms with Crippen molar-refractivity contribution in [3.63, 3.8) is 0 Å². The van der Waals surface area contributed by atoms with Gasteiger partial charge in [-0.15, -0.1) is 0 Å². The van der Waals surface area contributed by atoms with Crippen molar-refractivity contribution in [2.24, 2.45) is 0 Å². The van der Waals surface area contributed by atoms with E-state index in [4.69, 9.17) is 5.11 Å². The summed E-state index contributed by atoms with van der Waals surface area (Å²) in [6.45, 7) is 4.46. The first-order valence-electron chi connectivity index (χ1n) is 5.39. The van der Waals surface area contributed by atoms with E-state index in [2.05, 4.69) is 6.58 Å². The summed E-state index contributed by atoms with van der Waals surface area (Å²) in [6.07, 6.45) is 1.86. The number of aromatic carboxylic acids is 1. The van der Waals surface area contributed by atoms with Crippen molar-refractivity contribution in [1.29, 1.82) is 0 Å². The third-order valence-corrected chi connectivity index (χ3v) is 2.98. The molecule has 0 bridgehead atoms. The van der Waals surface area contributed by atoms with Crippen LogP contribution in [0.25, 0.3) is 0 Å². The maximum atomic E-state index is 11.5. The second kappa shape index (κ2) is 4.41. The van der Waals surface area contributed by atoms with Crippen LogP contribution in [0.5, 0.6) is 0 Å². The lowest BCUT2D eigenvalue weighted by Crippen LogP contribution is -2.35. The average Bonchev–Trinajstić information content (AvgIpc) is 2.36. The molecule has 0 aliphatic carbocycles. The molecule has 0 radical (unpaired) electrons. The van der Waals surface area contributed by atoms with Gasteiger partial charge in [-0.3, -0.25) is 4.79 Å². The molecule has 0 saturated heterocycles. The zero-order chi connectivity index (χ0) is 12.4. The zero-order valence-electron chi connectivity index (χ0n) is 9.35. The van der Waals surface area contributed by atoms with E-state index < -0.39 is 5.97 Å². The number of hydrogen-bond donors (Lipinski definition) is 1. The largest absolute Gasteiger partial charge is 0.478 e. The molecule has 1 heterocycles. The van der Waals surface area contributed by atoms with Gasteiger partial charge in [-0.1, -0.05) is 18.7 Å². The number of carbonyl (C=O) groups is 2. The van der Waals surface area contributed by atoms with E-state index in [0.717, 1.165) is 11.1 Å². The lowest BCUT2D eigenvalue weighted by atomic mass is 9.94. The Morgan fingerprint density at radius 1 is 1.41 bits per heavy atom. The van der Waals surface area contributed by atoms with Crippen LogP contribution in [0.2, 0.25) is 0 Å². The minimum atomic E-state index is -0.912. The van der Waals surface area contributed by atoms with Crippen LogP contribution in [0.15, 0.2) is 30.9 Å². The van der Waals surface area contributed by atoms with Crippen molar-refractivity contribution in [3.8, 4) is 0 Å². The number of amides is 1. The molecule has 2 rings (SSSR count). The summed E-state index contributed by atoms with van der Waals surface area (Å²) in [5.74, 6) is -1.03. The number of benzene rings is 1. The first-order valence-corrected chi connectivity index (χ1v) is 5.39. The Balaban J connectivity index is 2.34. The van der Waals surface area contributed by atoms with Gasteiger partial charge in [-0.2, -0.15) is 0 Å². The Kier molecular flexibility index (Phi) is 2.95. The predicted molar refractivity (Wildman–Crippen MR) is 62.7 cm³/mol. The highest BCUT2D eigenvalue weighted by molar-refractivity contribution is 5.90. The molecular weight excluding hydrogens is 218 g/mol. The van der Waals surface area contributed by atoms with Crippen molar-refractivity contribution < 1.29 is 14.7 Å². The summed E-state index contributed by atoms with van der Waals surface area (Å²) in [7, 11) is 0. The van der Waals surface area contributed by atoms with Gasteiger partial charge >= 0.3 is 5.97 Å². The lowest BCUT2D eigenvalue weighted by molar-refractivity contribution is -0.126. The van der Waals surface area contributed by atoms with E-state index >= 15 is 0 Å². The minimum absolute atomic E-state index is 0.114. The van der Waals surface area contributed by atoms with Crippen LogP contribution in [0.1, 0.15) is 21.5 Å². The molecular formula is C13H13NO3. The maximum Gasteiger partial charge on any atom is 0.335 e. The second-order valence-corrected chi connectivity index (χ2v) is 3.96. The van der Waals surface area contributed by atoms with Gasteiger partial charge in [-0.05, 0) is 29.7 Å². The van der Waals surface area contributed by atoms with Crippen molar-refractivity contribution >= 4 is 11.9 Å². The molecule has 0 unspecified atom stereocenters. The number of nitrogens with zero attached hydrogens (tertiary/aromatic N) is 1. The maximum absolute atomic E-state index is 11.5. The molecule has 1 amide bonds. The Bertz CT molecular complexity index is 493. The number of fused-ring (bicyclic) bond motifs is 1. The van der Waals surface area contributed by atoms with Crippen LogP contribution in [0.3, 0.4) is 0 Å². The van der Waals surface area contributed by atoms with Gasteiger partial charge in [-0.25, -0.2) is 4.79 Å². The molecule has 4 heteroatoms. The van der Waals surface area contributed by atoms with E-state index in [0.29, 0.717) is 25.1 Å².